The first-order valence-corrected chi connectivity index (χ1v) is 10.6. The van der Waals surface area contributed by atoms with Gasteiger partial charge >= 0.3 is 0 Å². The molecule has 8 heteroatoms. The van der Waals surface area contributed by atoms with Gasteiger partial charge in [0.1, 0.15) is 11.3 Å². The third-order valence-electron chi connectivity index (χ3n) is 4.88. The van der Waals surface area contributed by atoms with Crippen molar-refractivity contribution in [2.75, 3.05) is 30.4 Å². The van der Waals surface area contributed by atoms with Crippen molar-refractivity contribution in [2.45, 2.75) is 26.9 Å². The van der Waals surface area contributed by atoms with Crippen LogP contribution in [0.2, 0.25) is 5.02 Å². The molecular weight excluding hydrogens is 456 g/mol. The quantitative estimate of drug-likeness (QED) is 0.482. The molecule has 1 aromatic heterocycles. The topological polar surface area (TPSA) is 62.6 Å². The fraction of sp³-hybridized carbons (Fsp3) is 0.381. The lowest BCUT2D eigenvalue weighted by Gasteiger charge is -2.25. The summed E-state index contributed by atoms with van der Waals surface area (Å²) in [5, 5.41) is 13.9. The van der Waals surface area contributed by atoms with E-state index in [1.165, 1.54) is 0 Å². The molecule has 0 aliphatic carbocycles. The molecule has 2 aromatic carbocycles. The van der Waals surface area contributed by atoms with Crippen LogP contribution in [0.1, 0.15) is 19.4 Å². The summed E-state index contributed by atoms with van der Waals surface area (Å²) in [5.41, 5.74) is 4.64. The minimum atomic E-state index is -0.430. The highest BCUT2D eigenvalue weighted by molar-refractivity contribution is 9.10. The van der Waals surface area contributed by atoms with Gasteiger partial charge in [0.15, 0.2) is 0 Å². The van der Waals surface area contributed by atoms with E-state index in [1.807, 2.05) is 30.7 Å². The first-order valence-electron chi connectivity index (χ1n) is 9.45. The van der Waals surface area contributed by atoms with Crippen molar-refractivity contribution >= 4 is 55.9 Å². The predicted octanol–water partition coefficient (Wildman–Crippen LogP) is 5.26. The molecular formula is C21H26BrClN4O2. The number of ether oxygens (including phenoxy) is 1. The molecule has 0 radical (unpaired) electrons. The summed E-state index contributed by atoms with van der Waals surface area (Å²) in [7, 11) is 3.59. The van der Waals surface area contributed by atoms with Crippen molar-refractivity contribution in [1.82, 2.24) is 9.55 Å². The molecule has 29 heavy (non-hydrogen) atoms. The van der Waals surface area contributed by atoms with Crippen molar-refractivity contribution in [3.63, 3.8) is 0 Å². The molecule has 0 fully saturated rings. The zero-order valence-electron chi connectivity index (χ0n) is 17.3. The summed E-state index contributed by atoms with van der Waals surface area (Å²) in [6, 6.07) is 7.71. The molecule has 0 aliphatic rings. The van der Waals surface area contributed by atoms with Gasteiger partial charge in [-0.3, -0.25) is 0 Å². The monoisotopic (exact) mass is 480 g/mol. The average Bonchev–Trinajstić information content (AvgIpc) is 2.99. The summed E-state index contributed by atoms with van der Waals surface area (Å²) in [4.78, 5) is 6.98. The zero-order chi connectivity index (χ0) is 21.3. The van der Waals surface area contributed by atoms with Gasteiger partial charge in [0.25, 0.3) is 0 Å². The second-order valence-electron chi connectivity index (χ2n) is 7.07. The van der Waals surface area contributed by atoms with Gasteiger partial charge in [-0.1, -0.05) is 11.6 Å². The van der Waals surface area contributed by atoms with Crippen molar-refractivity contribution in [2.24, 2.45) is 7.05 Å². The third-order valence-corrected chi connectivity index (χ3v) is 5.74. The number of aryl methyl sites for hydroxylation is 2. The van der Waals surface area contributed by atoms with Gasteiger partial charge in [-0.05, 0) is 60.5 Å². The molecule has 0 aliphatic heterocycles. The van der Waals surface area contributed by atoms with Crippen LogP contribution in [-0.2, 0) is 7.05 Å². The van der Waals surface area contributed by atoms with Crippen LogP contribution in [0.5, 0.6) is 5.75 Å². The molecule has 156 valence electrons. The molecule has 1 heterocycles. The smallest absolute Gasteiger partial charge is 0.208 e. The van der Waals surface area contributed by atoms with Gasteiger partial charge < -0.3 is 24.6 Å². The van der Waals surface area contributed by atoms with E-state index < -0.39 is 6.10 Å². The van der Waals surface area contributed by atoms with Crippen LogP contribution >= 0.6 is 27.5 Å². The molecule has 0 bridgehead atoms. The van der Waals surface area contributed by atoms with Crippen molar-refractivity contribution in [1.29, 1.82) is 0 Å². The minimum absolute atomic E-state index is 0.430. The number of likely N-dealkylation sites (N-methyl/N-ethyl adjacent to an activating group) is 1. The number of methoxy groups -OCH3 is 1. The fourth-order valence-corrected chi connectivity index (χ4v) is 4.17. The standard InChI is InChI=1S/C21H26BrClN4O2/c1-6-27(11-13(3)28)16-8-7-15(22)19-20(16)26(4)21(25-19)24-18-12(2)9-14(23)10-17(18)29-5/h7-10,13,28H,6,11H2,1-5H3,(H,24,25). The van der Waals surface area contributed by atoms with Crippen LogP contribution < -0.4 is 15.0 Å². The van der Waals surface area contributed by atoms with E-state index in [4.69, 9.17) is 21.3 Å². The number of aliphatic hydroxyl groups excluding tert-OH is 1. The Balaban J connectivity index is 2.14. The first-order chi connectivity index (χ1) is 13.8. The van der Waals surface area contributed by atoms with Crippen molar-refractivity contribution in [3.05, 3.63) is 39.3 Å². The van der Waals surface area contributed by atoms with Crippen LogP contribution in [0.15, 0.2) is 28.7 Å². The molecule has 3 rings (SSSR count). The van der Waals surface area contributed by atoms with Gasteiger partial charge in [0, 0.05) is 35.7 Å². The lowest BCUT2D eigenvalue weighted by atomic mass is 10.2. The maximum absolute atomic E-state index is 9.91. The summed E-state index contributed by atoms with van der Waals surface area (Å²) in [6.45, 7) is 7.17. The van der Waals surface area contributed by atoms with E-state index in [0.29, 0.717) is 23.3 Å². The minimum Gasteiger partial charge on any atom is -0.495 e. The maximum atomic E-state index is 9.91. The number of imidazole rings is 1. The first kappa shape index (κ1) is 21.7. The van der Waals surface area contributed by atoms with E-state index >= 15 is 0 Å². The van der Waals surface area contributed by atoms with Gasteiger partial charge in [0.2, 0.25) is 5.95 Å². The van der Waals surface area contributed by atoms with Crippen LogP contribution in [0.3, 0.4) is 0 Å². The Morgan fingerprint density at radius 1 is 1.38 bits per heavy atom. The highest BCUT2D eigenvalue weighted by Gasteiger charge is 2.20. The molecule has 1 unspecified atom stereocenters. The van der Waals surface area contributed by atoms with Crippen LogP contribution in [-0.4, -0.2) is 41.0 Å². The Morgan fingerprint density at radius 3 is 2.72 bits per heavy atom. The number of rotatable bonds is 7. The number of fused-ring (bicyclic) bond motifs is 1. The maximum Gasteiger partial charge on any atom is 0.208 e. The highest BCUT2D eigenvalue weighted by atomic mass is 79.9. The molecule has 0 amide bonds. The largest absolute Gasteiger partial charge is 0.495 e. The number of nitrogens with one attached hydrogen (secondary N) is 1. The van der Waals surface area contributed by atoms with Gasteiger partial charge in [-0.25, -0.2) is 4.98 Å². The summed E-state index contributed by atoms with van der Waals surface area (Å²) in [6.07, 6.45) is -0.430. The van der Waals surface area contributed by atoms with Crippen LogP contribution in [0, 0.1) is 6.92 Å². The van der Waals surface area contributed by atoms with Gasteiger partial charge in [-0.2, -0.15) is 0 Å². The molecule has 3 aromatic rings. The lowest BCUT2D eigenvalue weighted by Crippen LogP contribution is -2.31. The molecule has 2 N–H and O–H groups in total. The van der Waals surface area contributed by atoms with Crippen LogP contribution in [0.25, 0.3) is 11.0 Å². The number of hydrogen-bond acceptors (Lipinski definition) is 5. The SMILES string of the molecule is CCN(CC(C)O)c1ccc(Br)c2nc(Nc3c(C)cc(Cl)cc3OC)n(C)c12. The Bertz CT molecular complexity index is 1040. The number of nitrogens with zero attached hydrogens (tertiary/aromatic N) is 3. The highest BCUT2D eigenvalue weighted by Crippen LogP contribution is 2.38. The Morgan fingerprint density at radius 2 is 2.10 bits per heavy atom. The molecule has 6 nitrogen and oxygen atoms in total. The number of aliphatic hydroxyl groups is 1. The Labute approximate surface area is 184 Å². The lowest BCUT2D eigenvalue weighted by molar-refractivity contribution is 0.200. The van der Waals surface area contributed by atoms with Gasteiger partial charge in [0.05, 0.1) is 30.1 Å². The number of hydrogen-bond donors (Lipinski definition) is 2. The average molecular weight is 482 g/mol. The number of halogens is 2. The Kier molecular flexibility index (Phi) is 6.61. The van der Waals surface area contributed by atoms with Crippen LogP contribution in [0.4, 0.5) is 17.3 Å². The molecule has 0 saturated heterocycles. The summed E-state index contributed by atoms with van der Waals surface area (Å²) < 4.78 is 8.44. The van der Waals surface area contributed by atoms with Gasteiger partial charge in [-0.15, -0.1) is 0 Å². The number of anilines is 3. The molecule has 0 spiro atoms. The second-order valence-corrected chi connectivity index (χ2v) is 8.36. The van der Waals surface area contributed by atoms with Crippen molar-refractivity contribution in [3.8, 4) is 5.75 Å². The normalized spacial score (nSPS) is 12.3. The van der Waals surface area contributed by atoms with Crippen molar-refractivity contribution < 1.29 is 9.84 Å². The third kappa shape index (κ3) is 4.32. The zero-order valence-corrected chi connectivity index (χ0v) is 19.6. The summed E-state index contributed by atoms with van der Waals surface area (Å²) >= 11 is 9.80. The number of benzene rings is 2. The molecule has 0 saturated carbocycles. The van der Waals surface area contributed by atoms with E-state index in [0.717, 1.165) is 39.0 Å². The van der Waals surface area contributed by atoms with E-state index in [9.17, 15) is 5.11 Å². The number of aromatic nitrogens is 2. The Hall–Kier alpha value is -1.96. The molecule has 1 atom stereocenters. The second kappa shape index (κ2) is 8.81. The summed E-state index contributed by atoms with van der Waals surface area (Å²) in [5.74, 6) is 1.34. The van der Waals surface area contributed by atoms with E-state index in [1.54, 1.807) is 20.1 Å². The predicted molar refractivity (Wildman–Crippen MR) is 124 cm³/mol. The van der Waals surface area contributed by atoms with E-state index in [2.05, 4.69) is 39.1 Å². The van der Waals surface area contributed by atoms with E-state index in [-0.39, 0.29) is 0 Å². The fourth-order valence-electron chi connectivity index (χ4n) is 3.50.